The predicted octanol–water partition coefficient (Wildman–Crippen LogP) is 2.94. The van der Waals surface area contributed by atoms with Crippen LogP contribution in [0, 0.1) is 0 Å². The lowest BCUT2D eigenvalue weighted by atomic mass is 10.1. The fourth-order valence-electron chi connectivity index (χ4n) is 0.945. The lowest BCUT2D eigenvalue weighted by Gasteiger charge is -1.98. The quantitative estimate of drug-likeness (QED) is 0.505. The van der Waals surface area contributed by atoms with Gasteiger partial charge in [0, 0.05) is 10.6 Å². The molecule has 0 unspecified atom stereocenters. The number of benzene rings is 1. The molecule has 0 fully saturated rings. The van der Waals surface area contributed by atoms with Crippen LogP contribution in [-0.4, -0.2) is 6.29 Å². The number of hydrogen-bond acceptors (Lipinski definition) is 1. The van der Waals surface area contributed by atoms with Crippen molar-refractivity contribution in [3.8, 4) is 0 Å². The Morgan fingerprint density at radius 3 is 2.33 bits per heavy atom. The van der Waals surface area contributed by atoms with Gasteiger partial charge in [0.2, 0.25) is 0 Å². The Kier molecular flexibility index (Phi) is 3.06. The molecule has 2 heteroatoms. The highest BCUT2D eigenvalue weighted by atomic mass is 35.5. The number of hydrogen-bond donors (Lipinski definition) is 0. The number of carbonyl (C=O) groups is 1. The third kappa shape index (κ3) is 1.95. The van der Waals surface area contributed by atoms with Gasteiger partial charge in [-0.15, -0.1) is 0 Å². The number of halogens is 1. The fourth-order valence-corrected chi connectivity index (χ4v) is 1.07. The zero-order valence-electron chi connectivity index (χ0n) is 6.75. The van der Waals surface area contributed by atoms with Gasteiger partial charge in [-0.05, 0) is 24.6 Å². The summed E-state index contributed by atoms with van der Waals surface area (Å²) in [5, 5.41) is 0.681. The van der Waals surface area contributed by atoms with Gasteiger partial charge >= 0.3 is 0 Å². The lowest BCUT2D eigenvalue weighted by molar-refractivity contribution is -0.103. The van der Waals surface area contributed by atoms with Crippen molar-refractivity contribution in [2.45, 2.75) is 6.92 Å². The Hall–Kier alpha value is -1.08. The molecule has 0 saturated carbocycles. The van der Waals surface area contributed by atoms with E-state index in [1.165, 1.54) is 0 Å². The Balaban J connectivity index is 3.04. The van der Waals surface area contributed by atoms with Crippen LogP contribution in [-0.2, 0) is 4.79 Å². The van der Waals surface area contributed by atoms with Crippen molar-refractivity contribution in [2.24, 2.45) is 0 Å². The summed E-state index contributed by atoms with van der Waals surface area (Å²) in [5.74, 6) is 0. The average Bonchev–Trinajstić information content (AvgIpc) is 2.10. The van der Waals surface area contributed by atoms with E-state index in [1.807, 2.05) is 19.1 Å². The van der Waals surface area contributed by atoms with Gasteiger partial charge in [0.05, 0.1) is 0 Å². The van der Waals surface area contributed by atoms with Crippen LogP contribution in [0.3, 0.4) is 0 Å². The molecule has 1 aromatic rings. The van der Waals surface area contributed by atoms with Gasteiger partial charge in [-0.25, -0.2) is 0 Å². The lowest BCUT2D eigenvalue weighted by Crippen LogP contribution is -1.83. The van der Waals surface area contributed by atoms with Crippen LogP contribution >= 0.6 is 11.6 Å². The molecule has 0 aromatic heterocycles. The molecule has 0 saturated heterocycles. The van der Waals surface area contributed by atoms with Crippen LogP contribution in [0.2, 0.25) is 5.02 Å². The first kappa shape index (κ1) is 9.01. The average molecular weight is 181 g/mol. The second kappa shape index (κ2) is 4.07. The van der Waals surface area contributed by atoms with Crippen LogP contribution in [0.4, 0.5) is 0 Å². The topological polar surface area (TPSA) is 17.1 Å². The number of aldehydes is 1. The van der Waals surface area contributed by atoms with Crippen molar-refractivity contribution in [1.29, 1.82) is 0 Å². The molecular formula is C10H9ClO. The van der Waals surface area contributed by atoms with E-state index in [-0.39, 0.29) is 0 Å². The molecule has 0 amide bonds. The van der Waals surface area contributed by atoms with Gasteiger partial charge in [0.1, 0.15) is 6.29 Å². The van der Waals surface area contributed by atoms with E-state index in [0.29, 0.717) is 10.6 Å². The predicted molar refractivity (Wildman–Crippen MR) is 51.2 cm³/mol. The largest absolute Gasteiger partial charge is 0.298 e. The molecule has 0 aliphatic rings. The van der Waals surface area contributed by atoms with Gasteiger partial charge in [-0.2, -0.15) is 0 Å². The summed E-state index contributed by atoms with van der Waals surface area (Å²) < 4.78 is 0. The SMILES string of the molecule is C/C=C(/C=O)c1ccc(Cl)cc1. The molecule has 1 rings (SSSR count). The zero-order valence-corrected chi connectivity index (χ0v) is 7.51. The van der Waals surface area contributed by atoms with E-state index >= 15 is 0 Å². The first-order chi connectivity index (χ1) is 5.77. The summed E-state index contributed by atoms with van der Waals surface area (Å²) in [4.78, 5) is 10.5. The maximum Gasteiger partial charge on any atom is 0.150 e. The summed E-state index contributed by atoms with van der Waals surface area (Å²) in [7, 11) is 0. The maximum atomic E-state index is 10.5. The molecule has 62 valence electrons. The summed E-state index contributed by atoms with van der Waals surface area (Å²) in [6.45, 7) is 1.83. The highest BCUT2D eigenvalue weighted by molar-refractivity contribution is 6.30. The molecule has 0 spiro atoms. The first-order valence-electron chi connectivity index (χ1n) is 3.65. The molecule has 0 radical (unpaired) electrons. The molecule has 0 bridgehead atoms. The Morgan fingerprint density at radius 1 is 1.33 bits per heavy atom. The van der Waals surface area contributed by atoms with E-state index in [2.05, 4.69) is 0 Å². The molecule has 0 aliphatic heterocycles. The maximum absolute atomic E-state index is 10.5. The third-order valence-corrected chi connectivity index (χ3v) is 1.87. The van der Waals surface area contributed by atoms with Crippen LogP contribution in [0.5, 0.6) is 0 Å². The summed E-state index contributed by atoms with van der Waals surface area (Å²) in [5.41, 5.74) is 1.59. The minimum Gasteiger partial charge on any atom is -0.298 e. The Morgan fingerprint density at radius 2 is 1.92 bits per heavy atom. The van der Waals surface area contributed by atoms with Crippen molar-refractivity contribution in [1.82, 2.24) is 0 Å². The van der Waals surface area contributed by atoms with Crippen molar-refractivity contribution in [3.05, 3.63) is 40.9 Å². The van der Waals surface area contributed by atoms with Crippen LogP contribution in [0.15, 0.2) is 30.3 Å². The number of allylic oxidation sites excluding steroid dienone is 2. The van der Waals surface area contributed by atoms with E-state index in [0.717, 1.165) is 11.8 Å². The highest BCUT2D eigenvalue weighted by Crippen LogP contribution is 2.15. The second-order valence-electron chi connectivity index (χ2n) is 2.37. The molecule has 0 heterocycles. The standard InChI is InChI=1S/C10H9ClO/c1-2-8(7-12)9-3-5-10(11)6-4-9/h2-7H,1H3/b8-2-. The highest BCUT2D eigenvalue weighted by Gasteiger charge is 1.97. The summed E-state index contributed by atoms with van der Waals surface area (Å²) in [6.07, 6.45) is 2.61. The van der Waals surface area contributed by atoms with Gasteiger partial charge < -0.3 is 0 Å². The number of carbonyl (C=O) groups excluding carboxylic acids is 1. The van der Waals surface area contributed by atoms with Crippen molar-refractivity contribution in [2.75, 3.05) is 0 Å². The molecule has 1 nitrogen and oxygen atoms in total. The fraction of sp³-hybridized carbons (Fsp3) is 0.100. The van der Waals surface area contributed by atoms with Crippen LogP contribution in [0.25, 0.3) is 5.57 Å². The molecule has 0 N–H and O–H groups in total. The monoisotopic (exact) mass is 180 g/mol. The second-order valence-corrected chi connectivity index (χ2v) is 2.81. The van der Waals surface area contributed by atoms with Gasteiger partial charge in [-0.3, -0.25) is 4.79 Å². The minimum absolute atomic E-state index is 0.681. The first-order valence-corrected chi connectivity index (χ1v) is 4.03. The molecule has 12 heavy (non-hydrogen) atoms. The van der Waals surface area contributed by atoms with Gasteiger partial charge in [0.15, 0.2) is 0 Å². The molecular weight excluding hydrogens is 172 g/mol. The normalized spacial score (nSPS) is 11.3. The smallest absolute Gasteiger partial charge is 0.150 e. The Labute approximate surface area is 76.7 Å². The van der Waals surface area contributed by atoms with E-state index < -0.39 is 0 Å². The van der Waals surface area contributed by atoms with Crippen LogP contribution in [0.1, 0.15) is 12.5 Å². The summed E-state index contributed by atoms with van der Waals surface area (Å²) >= 11 is 5.69. The Bertz CT molecular complexity index is 298. The van der Waals surface area contributed by atoms with Gasteiger partial charge in [-0.1, -0.05) is 29.8 Å². The van der Waals surface area contributed by atoms with E-state index in [4.69, 9.17) is 11.6 Å². The van der Waals surface area contributed by atoms with E-state index in [9.17, 15) is 4.79 Å². The van der Waals surface area contributed by atoms with Crippen LogP contribution < -0.4 is 0 Å². The number of rotatable bonds is 2. The third-order valence-electron chi connectivity index (χ3n) is 1.62. The van der Waals surface area contributed by atoms with Crippen molar-refractivity contribution < 1.29 is 4.79 Å². The van der Waals surface area contributed by atoms with Crippen molar-refractivity contribution in [3.63, 3.8) is 0 Å². The summed E-state index contributed by atoms with van der Waals surface area (Å²) in [6, 6.07) is 7.19. The van der Waals surface area contributed by atoms with E-state index in [1.54, 1.807) is 18.2 Å². The minimum atomic E-state index is 0.681. The molecule has 1 aromatic carbocycles. The molecule has 0 atom stereocenters. The molecule has 0 aliphatic carbocycles. The van der Waals surface area contributed by atoms with Crippen molar-refractivity contribution >= 4 is 23.5 Å². The van der Waals surface area contributed by atoms with Gasteiger partial charge in [0.25, 0.3) is 0 Å². The zero-order chi connectivity index (χ0) is 8.97.